The van der Waals surface area contributed by atoms with Gasteiger partial charge in [0.1, 0.15) is 0 Å². The summed E-state index contributed by atoms with van der Waals surface area (Å²) in [6.45, 7) is 20.7. The molecule has 3 rings (SSSR count). The molecule has 0 unspecified atom stereocenters. The Bertz CT molecular complexity index is 1020. The van der Waals surface area contributed by atoms with Crippen LogP contribution in [0.3, 0.4) is 0 Å². The molecule has 1 aliphatic rings. The largest absolute Gasteiger partial charge is 0.391 e. The summed E-state index contributed by atoms with van der Waals surface area (Å²) < 4.78 is 0. The lowest BCUT2D eigenvalue weighted by Crippen LogP contribution is -2.56. The summed E-state index contributed by atoms with van der Waals surface area (Å²) in [6, 6.07) is 7.86. The van der Waals surface area contributed by atoms with E-state index in [0.717, 1.165) is 23.5 Å². The molecule has 6 nitrogen and oxygen atoms in total. The number of hydrogen-bond acceptors (Lipinski definition) is 6. The summed E-state index contributed by atoms with van der Waals surface area (Å²) >= 11 is 1.65. The summed E-state index contributed by atoms with van der Waals surface area (Å²) in [5.74, 6) is 0.0236. The van der Waals surface area contributed by atoms with E-state index in [0.29, 0.717) is 19.5 Å². The number of aliphatic hydroxyl groups is 1. The Hall–Kier alpha value is -2.22. The topological polar surface area (TPSA) is 77.5 Å². The van der Waals surface area contributed by atoms with Gasteiger partial charge in [-0.05, 0) is 28.9 Å². The van der Waals surface area contributed by atoms with Crippen molar-refractivity contribution < 1.29 is 9.90 Å². The average Bonchev–Trinajstić information content (AvgIpc) is 3.36. The molecule has 35 heavy (non-hydrogen) atoms. The number of nitrogens with one attached hydrogen (secondary N) is 2. The monoisotopic (exact) mass is 498 g/mol. The minimum Gasteiger partial charge on any atom is -0.391 e. The van der Waals surface area contributed by atoms with Gasteiger partial charge in [-0.15, -0.1) is 11.3 Å². The standard InChI is InChI=1S/C28H42N4O2S/c1-18(29-14-20-9-11-21(12-10-20)24-19(2)31-17-35-24)23-13-22(33)15-32(23)26(34)25(28(6,7)8)30-16-27(3,4)5/h9-12,17,22-23,25,29-30,33H,1,13-16H2,2-8H3/t22-,23+,25-/m1/s1. The number of rotatable bonds is 8. The van der Waals surface area contributed by atoms with Crippen LogP contribution in [0.25, 0.3) is 10.4 Å². The van der Waals surface area contributed by atoms with Crippen LogP contribution in [0.1, 0.15) is 59.2 Å². The van der Waals surface area contributed by atoms with Crippen molar-refractivity contribution in [3.8, 4) is 10.4 Å². The Morgan fingerprint density at radius 3 is 2.43 bits per heavy atom. The highest BCUT2D eigenvalue weighted by Crippen LogP contribution is 2.30. The number of likely N-dealkylation sites (tertiary alicyclic amines) is 1. The third-order valence-electron chi connectivity index (χ3n) is 6.40. The van der Waals surface area contributed by atoms with E-state index >= 15 is 0 Å². The third-order valence-corrected chi connectivity index (χ3v) is 7.37. The fourth-order valence-electron chi connectivity index (χ4n) is 4.41. The summed E-state index contributed by atoms with van der Waals surface area (Å²) in [4.78, 5) is 21.0. The van der Waals surface area contributed by atoms with Crippen molar-refractivity contribution in [2.75, 3.05) is 13.1 Å². The van der Waals surface area contributed by atoms with Gasteiger partial charge in [0.25, 0.3) is 0 Å². The number of hydrogen-bond donors (Lipinski definition) is 3. The molecule has 0 spiro atoms. The highest BCUT2D eigenvalue weighted by Gasteiger charge is 2.42. The number of nitrogens with zero attached hydrogens (tertiary/aromatic N) is 2. The molecule has 1 aliphatic heterocycles. The predicted octanol–water partition coefficient (Wildman–Crippen LogP) is 4.73. The van der Waals surface area contributed by atoms with E-state index in [9.17, 15) is 9.90 Å². The minimum absolute atomic E-state index is 0.0236. The van der Waals surface area contributed by atoms with Crippen molar-refractivity contribution in [3.63, 3.8) is 0 Å². The van der Waals surface area contributed by atoms with E-state index in [1.807, 2.05) is 12.4 Å². The van der Waals surface area contributed by atoms with Gasteiger partial charge in [0.15, 0.2) is 0 Å². The molecule has 1 amide bonds. The van der Waals surface area contributed by atoms with E-state index in [-0.39, 0.29) is 28.8 Å². The van der Waals surface area contributed by atoms with Gasteiger partial charge in [0.05, 0.1) is 34.3 Å². The summed E-state index contributed by atoms with van der Waals surface area (Å²) in [6.07, 6.45) is -0.0511. The molecule has 0 radical (unpaired) electrons. The Kier molecular flexibility index (Phi) is 8.45. The van der Waals surface area contributed by atoms with E-state index in [4.69, 9.17) is 0 Å². The Balaban J connectivity index is 1.66. The number of β-amino-alcohol motifs (C(OH)–C–C–N with tert-alkyl or cyclic N) is 1. The van der Waals surface area contributed by atoms with Gasteiger partial charge < -0.3 is 20.6 Å². The Labute approximate surface area is 214 Å². The van der Waals surface area contributed by atoms with Crippen molar-refractivity contribution in [3.05, 3.63) is 53.3 Å². The van der Waals surface area contributed by atoms with E-state index in [1.165, 1.54) is 10.4 Å². The molecule has 7 heteroatoms. The predicted molar refractivity (Wildman–Crippen MR) is 145 cm³/mol. The highest BCUT2D eigenvalue weighted by atomic mass is 32.1. The molecule has 0 aliphatic carbocycles. The first-order valence-electron chi connectivity index (χ1n) is 12.4. The van der Waals surface area contributed by atoms with Crippen molar-refractivity contribution in [1.29, 1.82) is 0 Å². The second-order valence-electron chi connectivity index (χ2n) is 12.0. The number of aliphatic hydroxyl groups excluding tert-OH is 1. The first kappa shape index (κ1) is 27.4. The quantitative estimate of drug-likeness (QED) is 0.490. The Morgan fingerprint density at radius 2 is 1.89 bits per heavy atom. The van der Waals surface area contributed by atoms with Crippen LogP contribution < -0.4 is 10.6 Å². The zero-order valence-corrected chi connectivity index (χ0v) is 23.1. The van der Waals surface area contributed by atoms with Crippen LogP contribution in [0.5, 0.6) is 0 Å². The van der Waals surface area contributed by atoms with Crippen molar-refractivity contribution in [2.24, 2.45) is 10.8 Å². The van der Waals surface area contributed by atoms with Gasteiger partial charge in [0, 0.05) is 31.8 Å². The lowest BCUT2D eigenvalue weighted by Gasteiger charge is -2.37. The lowest BCUT2D eigenvalue weighted by atomic mass is 9.84. The molecule has 1 aromatic carbocycles. The van der Waals surface area contributed by atoms with Gasteiger partial charge in [-0.1, -0.05) is 72.4 Å². The first-order valence-corrected chi connectivity index (χ1v) is 13.3. The van der Waals surface area contributed by atoms with Crippen molar-refractivity contribution >= 4 is 17.2 Å². The first-order chi connectivity index (χ1) is 16.3. The van der Waals surface area contributed by atoms with E-state index in [1.54, 1.807) is 16.2 Å². The van der Waals surface area contributed by atoms with Crippen molar-refractivity contribution in [1.82, 2.24) is 20.5 Å². The fraction of sp³-hybridized carbons (Fsp3) is 0.571. The number of aryl methyl sites for hydroxylation is 1. The molecule has 1 aromatic heterocycles. The number of thiazole rings is 1. The Morgan fingerprint density at radius 1 is 1.23 bits per heavy atom. The average molecular weight is 499 g/mol. The smallest absolute Gasteiger partial charge is 0.240 e. The maximum atomic E-state index is 13.7. The number of carbonyl (C=O) groups excluding carboxylic acids is 1. The third kappa shape index (κ3) is 7.15. The number of carbonyl (C=O) groups is 1. The van der Waals surface area contributed by atoms with E-state index < -0.39 is 6.10 Å². The van der Waals surface area contributed by atoms with Gasteiger partial charge in [-0.2, -0.15) is 0 Å². The van der Waals surface area contributed by atoms with Crippen LogP contribution in [0.2, 0.25) is 0 Å². The molecule has 0 bridgehead atoms. The van der Waals surface area contributed by atoms with Crippen molar-refractivity contribution in [2.45, 2.75) is 79.6 Å². The van der Waals surface area contributed by atoms with Gasteiger partial charge in [-0.25, -0.2) is 4.98 Å². The number of amides is 1. The molecule has 2 aromatic rings. The van der Waals surface area contributed by atoms with Gasteiger partial charge >= 0.3 is 0 Å². The number of aromatic nitrogens is 1. The van der Waals surface area contributed by atoms with Crippen LogP contribution in [0.15, 0.2) is 42.1 Å². The molecule has 1 saturated heterocycles. The van der Waals surface area contributed by atoms with Crippen LogP contribution in [0, 0.1) is 17.8 Å². The molecule has 0 saturated carbocycles. The van der Waals surface area contributed by atoms with Crippen LogP contribution >= 0.6 is 11.3 Å². The second kappa shape index (κ2) is 10.8. The highest BCUT2D eigenvalue weighted by molar-refractivity contribution is 7.13. The normalized spacial score (nSPS) is 19.6. The van der Waals surface area contributed by atoms with Crippen LogP contribution in [0.4, 0.5) is 0 Å². The molecule has 1 fully saturated rings. The molecule has 3 N–H and O–H groups in total. The zero-order chi connectivity index (χ0) is 26.0. The molecule has 2 heterocycles. The summed E-state index contributed by atoms with van der Waals surface area (Å²) in [5, 5.41) is 17.4. The maximum Gasteiger partial charge on any atom is 0.240 e. The summed E-state index contributed by atoms with van der Waals surface area (Å²) in [5.41, 5.74) is 5.79. The SMILES string of the molecule is C=C(NCc1ccc(-c2scnc2C)cc1)[C@@H]1C[C@@H](O)CN1C(=O)[C@@H](NCC(C)(C)C)C(C)(C)C. The van der Waals surface area contributed by atoms with E-state index in [2.05, 4.69) is 88.0 Å². The van der Waals surface area contributed by atoms with Gasteiger partial charge in [-0.3, -0.25) is 4.79 Å². The molecule has 3 atom stereocenters. The summed E-state index contributed by atoms with van der Waals surface area (Å²) in [7, 11) is 0. The molecular formula is C28H42N4O2S. The second-order valence-corrected chi connectivity index (χ2v) is 12.8. The lowest BCUT2D eigenvalue weighted by molar-refractivity contribution is -0.137. The van der Waals surface area contributed by atoms with Crippen LogP contribution in [-0.4, -0.2) is 52.2 Å². The molecule has 192 valence electrons. The number of benzene rings is 1. The minimum atomic E-state index is -0.548. The maximum absolute atomic E-state index is 13.7. The van der Waals surface area contributed by atoms with Gasteiger partial charge in [0.2, 0.25) is 5.91 Å². The zero-order valence-electron chi connectivity index (χ0n) is 22.3. The van der Waals surface area contributed by atoms with Crippen LogP contribution in [-0.2, 0) is 11.3 Å². The molecular weight excluding hydrogens is 456 g/mol. The fourth-order valence-corrected chi connectivity index (χ4v) is 5.22.